The average Bonchev–Trinajstić information content (AvgIpc) is 2.38. The van der Waals surface area contributed by atoms with E-state index in [1.54, 1.807) is 0 Å². The summed E-state index contributed by atoms with van der Waals surface area (Å²) in [4.78, 5) is 22.0. The summed E-state index contributed by atoms with van der Waals surface area (Å²) in [6.45, 7) is 0.541. The lowest BCUT2D eigenvalue weighted by Crippen LogP contribution is -2.51. The van der Waals surface area contributed by atoms with Crippen LogP contribution in [0.25, 0.3) is 0 Å². The quantitative estimate of drug-likeness (QED) is 0.546. The molecule has 1 amide bonds. The normalized spacial score (nSPS) is 11.2. The van der Waals surface area contributed by atoms with Crippen LogP contribution in [0.4, 0.5) is 5.69 Å². The second-order valence-corrected chi connectivity index (χ2v) is 5.11. The number of benzene rings is 1. The largest absolute Gasteiger partial charge is 0.394 e. The van der Waals surface area contributed by atoms with Crippen LogP contribution in [0.2, 0.25) is 0 Å². The highest BCUT2D eigenvalue weighted by Gasteiger charge is 2.26. The second-order valence-electron chi connectivity index (χ2n) is 4.25. The summed E-state index contributed by atoms with van der Waals surface area (Å²) in [6, 6.07) is 3.77. The van der Waals surface area contributed by atoms with E-state index >= 15 is 0 Å². The van der Waals surface area contributed by atoms with Gasteiger partial charge in [0.15, 0.2) is 0 Å². The Bertz CT molecular complexity index is 502. The van der Waals surface area contributed by atoms with Crippen LogP contribution >= 0.6 is 15.9 Å². The van der Waals surface area contributed by atoms with Crippen molar-refractivity contribution in [2.45, 2.75) is 12.5 Å². The number of halogens is 1. The summed E-state index contributed by atoms with van der Waals surface area (Å²) in [5, 5.41) is 31.3. The van der Waals surface area contributed by atoms with Gasteiger partial charge in [0, 0.05) is 16.6 Å². The Balaban J connectivity index is 3.06. The van der Waals surface area contributed by atoms with Crippen molar-refractivity contribution < 1.29 is 19.9 Å². The minimum Gasteiger partial charge on any atom is -0.394 e. The van der Waals surface area contributed by atoms with Crippen LogP contribution < -0.4 is 5.32 Å². The number of nitrogens with zero attached hydrogens (tertiary/aromatic N) is 1. The Morgan fingerprint density at radius 3 is 2.53 bits per heavy atom. The van der Waals surface area contributed by atoms with Crippen LogP contribution in [-0.2, 0) is 0 Å². The number of nitro benzene ring substituents is 1. The highest BCUT2D eigenvalue weighted by molar-refractivity contribution is 9.10. The van der Waals surface area contributed by atoms with Gasteiger partial charge < -0.3 is 15.5 Å². The van der Waals surface area contributed by atoms with Crippen LogP contribution in [-0.4, -0.2) is 39.8 Å². The third-order valence-corrected chi connectivity index (χ3v) is 3.21. The molecule has 1 rings (SSSR count). The fraction of sp³-hybridized carbons (Fsp3) is 0.364. The second kappa shape index (κ2) is 6.09. The molecule has 1 aromatic rings. The molecule has 19 heavy (non-hydrogen) atoms. The summed E-state index contributed by atoms with van der Waals surface area (Å²) in [5.41, 5.74) is -1.35. The maximum atomic E-state index is 12.0. The third-order valence-electron chi connectivity index (χ3n) is 2.52. The van der Waals surface area contributed by atoms with E-state index in [1.165, 1.54) is 19.1 Å². The molecule has 104 valence electrons. The molecule has 0 spiro atoms. The first-order chi connectivity index (χ1) is 8.83. The molecule has 0 unspecified atom stereocenters. The van der Waals surface area contributed by atoms with Gasteiger partial charge in [-0.3, -0.25) is 14.9 Å². The van der Waals surface area contributed by atoms with E-state index in [2.05, 4.69) is 21.2 Å². The Morgan fingerprint density at radius 2 is 2.05 bits per heavy atom. The van der Waals surface area contributed by atoms with Gasteiger partial charge >= 0.3 is 0 Å². The van der Waals surface area contributed by atoms with E-state index in [0.29, 0.717) is 4.47 Å². The Labute approximate surface area is 117 Å². The van der Waals surface area contributed by atoms with Crippen molar-refractivity contribution in [1.29, 1.82) is 0 Å². The lowest BCUT2D eigenvalue weighted by molar-refractivity contribution is -0.384. The summed E-state index contributed by atoms with van der Waals surface area (Å²) in [6.07, 6.45) is 0. The summed E-state index contributed by atoms with van der Waals surface area (Å²) >= 11 is 3.12. The first kappa shape index (κ1) is 15.5. The standard InChI is InChI=1S/C11H13BrN2O5/c1-11(5-15,6-16)13-10(17)8-4-7(14(18)19)2-3-9(8)12/h2-4,15-16H,5-6H2,1H3,(H,13,17). The van der Waals surface area contributed by atoms with Crippen molar-refractivity contribution in [2.75, 3.05) is 13.2 Å². The molecule has 0 atom stereocenters. The number of non-ortho nitro benzene ring substituents is 1. The number of aliphatic hydroxyl groups is 2. The molecule has 1 aromatic carbocycles. The van der Waals surface area contributed by atoms with E-state index in [0.717, 1.165) is 6.07 Å². The molecule has 0 bridgehead atoms. The van der Waals surface area contributed by atoms with Crippen molar-refractivity contribution in [1.82, 2.24) is 5.32 Å². The van der Waals surface area contributed by atoms with E-state index in [1.807, 2.05) is 0 Å². The van der Waals surface area contributed by atoms with E-state index in [9.17, 15) is 14.9 Å². The molecule has 0 aliphatic rings. The maximum Gasteiger partial charge on any atom is 0.270 e. The molecule has 0 saturated heterocycles. The lowest BCUT2D eigenvalue weighted by Gasteiger charge is -2.26. The number of nitrogens with one attached hydrogen (secondary N) is 1. The number of carbonyl (C=O) groups is 1. The van der Waals surface area contributed by atoms with Gasteiger partial charge in [0.2, 0.25) is 0 Å². The highest BCUT2D eigenvalue weighted by atomic mass is 79.9. The van der Waals surface area contributed by atoms with E-state index < -0.39 is 29.6 Å². The van der Waals surface area contributed by atoms with Crippen molar-refractivity contribution in [3.05, 3.63) is 38.3 Å². The molecule has 0 radical (unpaired) electrons. The molecule has 8 heteroatoms. The molecule has 0 aliphatic heterocycles. The van der Waals surface area contributed by atoms with Crippen molar-refractivity contribution in [3.8, 4) is 0 Å². The van der Waals surface area contributed by atoms with Crippen LogP contribution in [0.15, 0.2) is 22.7 Å². The lowest BCUT2D eigenvalue weighted by atomic mass is 10.0. The SMILES string of the molecule is CC(CO)(CO)NC(=O)c1cc([N+](=O)[O-])ccc1Br. The van der Waals surface area contributed by atoms with Crippen molar-refractivity contribution in [3.63, 3.8) is 0 Å². The predicted octanol–water partition coefficient (Wildman–Crippen LogP) is 0.830. The molecule has 7 nitrogen and oxygen atoms in total. The molecule has 0 aliphatic carbocycles. The number of hydrogen-bond donors (Lipinski definition) is 3. The molecular formula is C11H13BrN2O5. The average molecular weight is 333 g/mol. The monoisotopic (exact) mass is 332 g/mol. The smallest absolute Gasteiger partial charge is 0.270 e. The predicted molar refractivity (Wildman–Crippen MR) is 70.8 cm³/mol. The van der Waals surface area contributed by atoms with Gasteiger partial charge in [-0.15, -0.1) is 0 Å². The van der Waals surface area contributed by atoms with Gasteiger partial charge in [-0.1, -0.05) is 0 Å². The molecule has 0 saturated carbocycles. The fourth-order valence-electron chi connectivity index (χ4n) is 1.27. The zero-order chi connectivity index (χ0) is 14.6. The fourth-order valence-corrected chi connectivity index (χ4v) is 1.70. The maximum absolute atomic E-state index is 12.0. The number of amides is 1. The van der Waals surface area contributed by atoms with Crippen molar-refractivity contribution >= 4 is 27.5 Å². The Morgan fingerprint density at radius 1 is 1.47 bits per heavy atom. The zero-order valence-corrected chi connectivity index (χ0v) is 11.7. The van der Waals surface area contributed by atoms with Gasteiger partial charge in [0.05, 0.1) is 29.2 Å². The number of carbonyl (C=O) groups excluding carboxylic acids is 1. The topological polar surface area (TPSA) is 113 Å². The van der Waals surface area contributed by atoms with Crippen LogP contribution in [0.3, 0.4) is 0 Å². The van der Waals surface area contributed by atoms with Crippen LogP contribution in [0.5, 0.6) is 0 Å². The number of nitro groups is 1. The zero-order valence-electron chi connectivity index (χ0n) is 10.1. The minimum absolute atomic E-state index is 0.0577. The number of rotatable bonds is 5. The molecule has 0 aromatic heterocycles. The number of hydrogen-bond acceptors (Lipinski definition) is 5. The van der Waals surface area contributed by atoms with E-state index in [4.69, 9.17) is 10.2 Å². The van der Waals surface area contributed by atoms with Crippen molar-refractivity contribution in [2.24, 2.45) is 0 Å². The van der Waals surface area contributed by atoms with Gasteiger partial charge in [0.1, 0.15) is 0 Å². The number of aliphatic hydroxyl groups excluding tert-OH is 2. The van der Waals surface area contributed by atoms with Crippen LogP contribution in [0, 0.1) is 10.1 Å². The highest BCUT2D eigenvalue weighted by Crippen LogP contribution is 2.23. The third kappa shape index (κ3) is 3.72. The van der Waals surface area contributed by atoms with Gasteiger partial charge in [-0.05, 0) is 28.9 Å². The Hall–Kier alpha value is -1.51. The molecule has 3 N–H and O–H groups in total. The molecular weight excluding hydrogens is 320 g/mol. The van der Waals surface area contributed by atoms with Gasteiger partial charge in [-0.25, -0.2) is 0 Å². The molecule has 0 heterocycles. The summed E-state index contributed by atoms with van der Waals surface area (Å²) < 4.78 is 0.383. The molecule has 0 fully saturated rings. The first-order valence-electron chi connectivity index (χ1n) is 5.31. The summed E-state index contributed by atoms with van der Waals surface area (Å²) in [5.74, 6) is -0.624. The van der Waals surface area contributed by atoms with Gasteiger partial charge in [0.25, 0.3) is 11.6 Å². The minimum atomic E-state index is -1.19. The van der Waals surface area contributed by atoms with E-state index in [-0.39, 0.29) is 11.3 Å². The van der Waals surface area contributed by atoms with Gasteiger partial charge in [-0.2, -0.15) is 0 Å². The first-order valence-corrected chi connectivity index (χ1v) is 6.10. The summed E-state index contributed by atoms with van der Waals surface area (Å²) in [7, 11) is 0. The Kier molecular flexibility index (Phi) is 4.98. The van der Waals surface area contributed by atoms with Crippen LogP contribution in [0.1, 0.15) is 17.3 Å².